The molecule has 136 valence electrons. The zero-order valence-corrected chi connectivity index (χ0v) is 15.2. The molecule has 25 heavy (non-hydrogen) atoms. The van der Waals surface area contributed by atoms with E-state index in [9.17, 15) is 0 Å². The van der Waals surface area contributed by atoms with Crippen LogP contribution >= 0.6 is 0 Å². The van der Waals surface area contributed by atoms with Crippen molar-refractivity contribution >= 4 is 0 Å². The van der Waals surface area contributed by atoms with Crippen LogP contribution in [0.1, 0.15) is 50.5 Å². The molecule has 0 aromatic heterocycles. The third-order valence-corrected chi connectivity index (χ3v) is 6.86. The minimum absolute atomic E-state index is 0.365. The van der Waals surface area contributed by atoms with Crippen molar-refractivity contribution in [3.8, 4) is 11.5 Å². The molecule has 0 radical (unpaired) electrons. The molecule has 5 rings (SSSR count). The normalized spacial score (nSPS) is 30.6. The van der Waals surface area contributed by atoms with Crippen LogP contribution in [0, 0.1) is 5.92 Å². The fraction of sp³-hybridized carbons (Fsp3) is 0.714. The molecule has 0 spiro atoms. The first-order valence-electron chi connectivity index (χ1n) is 10.2. The van der Waals surface area contributed by atoms with Crippen LogP contribution in [0.5, 0.6) is 11.5 Å². The highest BCUT2D eigenvalue weighted by Gasteiger charge is 2.42. The lowest BCUT2D eigenvalue weighted by atomic mass is 9.78. The van der Waals surface area contributed by atoms with Gasteiger partial charge in [0.1, 0.15) is 0 Å². The lowest BCUT2D eigenvalue weighted by Gasteiger charge is -2.49. The highest BCUT2D eigenvalue weighted by atomic mass is 16.7. The van der Waals surface area contributed by atoms with Crippen LogP contribution < -0.4 is 9.47 Å². The van der Waals surface area contributed by atoms with E-state index < -0.39 is 0 Å². The summed E-state index contributed by atoms with van der Waals surface area (Å²) in [4.78, 5) is 5.59. The highest BCUT2D eigenvalue weighted by Crippen LogP contribution is 2.39. The number of hydrogen-bond acceptors (Lipinski definition) is 4. The van der Waals surface area contributed by atoms with Crippen molar-refractivity contribution in [1.82, 2.24) is 9.80 Å². The first kappa shape index (κ1) is 16.0. The van der Waals surface area contributed by atoms with Crippen LogP contribution in [0.15, 0.2) is 18.2 Å². The van der Waals surface area contributed by atoms with Crippen molar-refractivity contribution in [2.45, 2.75) is 63.6 Å². The fourth-order valence-electron chi connectivity index (χ4n) is 5.71. The molecule has 4 aliphatic rings. The van der Waals surface area contributed by atoms with Gasteiger partial charge in [-0.3, -0.25) is 9.80 Å². The van der Waals surface area contributed by atoms with Crippen molar-refractivity contribution in [1.29, 1.82) is 0 Å². The van der Waals surface area contributed by atoms with E-state index in [1.165, 1.54) is 70.1 Å². The standard InChI is InChI=1S/C21H30N2O2/c1-2-5-17(6-3-1)21-18-7-4-10-22(18)11-12-23(21)14-16-8-9-19-20(13-16)25-15-24-19/h8-9,13,17-18,21H,1-7,10-12,14-15H2/t18-,21-/m0/s1. The van der Waals surface area contributed by atoms with Gasteiger partial charge < -0.3 is 9.47 Å². The van der Waals surface area contributed by atoms with E-state index >= 15 is 0 Å². The average molecular weight is 342 g/mol. The van der Waals surface area contributed by atoms with Crippen molar-refractivity contribution in [3.63, 3.8) is 0 Å². The van der Waals surface area contributed by atoms with Gasteiger partial charge in [0.2, 0.25) is 6.79 Å². The van der Waals surface area contributed by atoms with E-state index in [0.29, 0.717) is 6.79 Å². The summed E-state index contributed by atoms with van der Waals surface area (Å²) >= 11 is 0. The Hall–Kier alpha value is -1.26. The van der Waals surface area contributed by atoms with Crippen LogP contribution in [0.3, 0.4) is 0 Å². The largest absolute Gasteiger partial charge is 0.454 e. The summed E-state index contributed by atoms with van der Waals surface area (Å²) in [6.07, 6.45) is 9.99. The molecule has 0 bridgehead atoms. The van der Waals surface area contributed by atoms with E-state index in [1.807, 2.05) is 0 Å². The predicted molar refractivity (Wildman–Crippen MR) is 97.9 cm³/mol. The molecular weight excluding hydrogens is 312 g/mol. The predicted octanol–water partition coefficient (Wildman–Crippen LogP) is 3.64. The van der Waals surface area contributed by atoms with Crippen molar-refractivity contribution in [2.75, 3.05) is 26.4 Å². The summed E-state index contributed by atoms with van der Waals surface area (Å²) < 4.78 is 11.1. The Morgan fingerprint density at radius 3 is 2.68 bits per heavy atom. The summed E-state index contributed by atoms with van der Waals surface area (Å²) in [6, 6.07) is 8.06. The lowest BCUT2D eigenvalue weighted by Crippen LogP contribution is -2.59. The molecule has 2 atom stereocenters. The molecule has 1 aliphatic carbocycles. The fourth-order valence-corrected chi connectivity index (χ4v) is 5.71. The van der Waals surface area contributed by atoms with Crippen LogP contribution in [0.25, 0.3) is 0 Å². The van der Waals surface area contributed by atoms with Crippen LogP contribution in [-0.2, 0) is 6.54 Å². The third-order valence-electron chi connectivity index (χ3n) is 6.86. The van der Waals surface area contributed by atoms with Gasteiger partial charge in [0.05, 0.1) is 0 Å². The molecule has 0 unspecified atom stereocenters. The number of hydrogen-bond donors (Lipinski definition) is 0. The van der Waals surface area contributed by atoms with Gasteiger partial charge in [0, 0.05) is 31.7 Å². The van der Waals surface area contributed by atoms with Crippen molar-refractivity contribution in [3.05, 3.63) is 23.8 Å². The molecule has 4 heteroatoms. The maximum atomic E-state index is 5.59. The second-order valence-electron chi connectivity index (χ2n) is 8.29. The Morgan fingerprint density at radius 1 is 0.880 bits per heavy atom. The second-order valence-corrected chi connectivity index (χ2v) is 8.29. The van der Waals surface area contributed by atoms with Crippen molar-refractivity contribution in [2.24, 2.45) is 5.92 Å². The summed E-state index contributed by atoms with van der Waals surface area (Å²) in [6.45, 7) is 5.21. The Balaban J connectivity index is 1.37. The second kappa shape index (κ2) is 6.81. The SMILES string of the molecule is c1cc2c(cc1CN1CCN3CCC[C@H]3[C@@H]1C1CCCCC1)OCO2. The Bertz CT molecular complexity index is 614. The summed E-state index contributed by atoms with van der Waals surface area (Å²) in [5, 5.41) is 0. The molecule has 4 nitrogen and oxygen atoms in total. The zero-order valence-electron chi connectivity index (χ0n) is 15.2. The van der Waals surface area contributed by atoms with Gasteiger partial charge in [-0.1, -0.05) is 25.3 Å². The van der Waals surface area contributed by atoms with Gasteiger partial charge in [-0.15, -0.1) is 0 Å². The number of fused-ring (bicyclic) bond motifs is 2. The van der Waals surface area contributed by atoms with E-state index in [0.717, 1.165) is 36.0 Å². The monoisotopic (exact) mass is 342 g/mol. The number of piperazine rings is 1. The molecule has 0 N–H and O–H groups in total. The molecule has 0 amide bonds. The van der Waals surface area contributed by atoms with Crippen molar-refractivity contribution < 1.29 is 9.47 Å². The Kier molecular flexibility index (Phi) is 4.34. The van der Waals surface area contributed by atoms with E-state index in [-0.39, 0.29) is 0 Å². The summed E-state index contributed by atoms with van der Waals surface area (Å²) in [7, 11) is 0. The average Bonchev–Trinajstić information content (AvgIpc) is 3.30. The van der Waals surface area contributed by atoms with Gasteiger partial charge in [-0.05, 0) is 55.8 Å². The number of ether oxygens (including phenoxy) is 2. The third kappa shape index (κ3) is 3.04. The molecule has 2 saturated heterocycles. The summed E-state index contributed by atoms with van der Waals surface area (Å²) in [5.41, 5.74) is 1.37. The van der Waals surface area contributed by atoms with Crippen LogP contribution in [0.4, 0.5) is 0 Å². The minimum Gasteiger partial charge on any atom is -0.454 e. The maximum absolute atomic E-state index is 5.59. The Morgan fingerprint density at radius 2 is 1.76 bits per heavy atom. The first-order chi connectivity index (χ1) is 12.4. The molecular formula is C21H30N2O2. The molecule has 3 aliphatic heterocycles. The number of rotatable bonds is 3. The van der Waals surface area contributed by atoms with Crippen LogP contribution in [0.2, 0.25) is 0 Å². The highest BCUT2D eigenvalue weighted by molar-refractivity contribution is 5.44. The summed E-state index contributed by atoms with van der Waals surface area (Å²) in [5.74, 6) is 2.72. The van der Waals surface area contributed by atoms with E-state index in [4.69, 9.17) is 9.47 Å². The van der Waals surface area contributed by atoms with Gasteiger partial charge in [-0.2, -0.15) is 0 Å². The van der Waals surface area contributed by atoms with E-state index in [1.54, 1.807) is 0 Å². The number of benzene rings is 1. The quantitative estimate of drug-likeness (QED) is 0.837. The lowest BCUT2D eigenvalue weighted by molar-refractivity contribution is -0.00381. The van der Waals surface area contributed by atoms with Crippen LogP contribution in [-0.4, -0.2) is 48.3 Å². The molecule has 3 fully saturated rings. The first-order valence-corrected chi connectivity index (χ1v) is 10.2. The van der Waals surface area contributed by atoms with Gasteiger partial charge in [0.15, 0.2) is 11.5 Å². The zero-order chi connectivity index (χ0) is 16.6. The van der Waals surface area contributed by atoms with E-state index in [2.05, 4.69) is 28.0 Å². The van der Waals surface area contributed by atoms with Gasteiger partial charge in [0.25, 0.3) is 0 Å². The molecule has 1 aromatic rings. The molecule has 1 aromatic carbocycles. The topological polar surface area (TPSA) is 24.9 Å². The Labute approximate surface area is 151 Å². The molecule has 3 heterocycles. The maximum Gasteiger partial charge on any atom is 0.231 e. The van der Waals surface area contributed by atoms with Gasteiger partial charge >= 0.3 is 0 Å². The smallest absolute Gasteiger partial charge is 0.231 e. The van der Waals surface area contributed by atoms with Gasteiger partial charge in [-0.25, -0.2) is 0 Å². The number of nitrogens with zero attached hydrogens (tertiary/aromatic N) is 2. The minimum atomic E-state index is 0.365. The molecule has 1 saturated carbocycles.